The lowest BCUT2D eigenvalue weighted by molar-refractivity contribution is 0.416. The molecule has 0 saturated carbocycles. The quantitative estimate of drug-likeness (QED) is 0.859. The third kappa shape index (κ3) is 2.09. The average molecular weight is 228 g/mol. The average Bonchev–Trinajstić information content (AvgIpc) is 2.29. The summed E-state index contributed by atoms with van der Waals surface area (Å²) in [6, 6.07) is 7.96. The smallest absolute Gasteiger partial charge is 0.131 e. The summed E-state index contributed by atoms with van der Waals surface area (Å²) in [5.74, 6) is 1.36. The molecule has 0 aliphatic carbocycles. The van der Waals surface area contributed by atoms with Crippen molar-refractivity contribution in [1.29, 1.82) is 0 Å². The molecule has 2 rings (SSSR count). The Labute approximate surface area is 101 Å². The van der Waals surface area contributed by atoms with E-state index in [2.05, 4.69) is 18.0 Å². The highest BCUT2D eigenvalue weighted by atomic mass is 16.5. The summed E-state index contributed by atoms with van der Waals surface area (Å²) in [4.78, 5) is 4.12. The molecular formula is C14H16N2O. The Bertz CT molecular complexity index is 550. The fourth-order valence-electron chi connectivity index (χ4n) is 2.06. The van der Waals surface area contributed by atoms with E-state index in [0.29, 0.717) is 5.82 Å². The van der Waals surface area contributed by atoms with Gasteiger partial charge < -0.3 is 10.5 Å². The Morgan fingerprint density at radius 1 is 1.24 bits per heavy atom. The summed E-state index contributed by atoms with van der Waals surface area (Å²) in [5.41, 5.74) is 10.2. The third-order valence-corrected chi connectivity index (χ3v) is 2.77. The van der Waals surface area contributed by atoms with E-state index in [-0.39, 0.29) is 0 Å². The number of benzene rings is 1. The Hall–Kier alpha value is -2.03. The maximum atomic E-state index is 5.92. The van der Waals surface area contributed by atoms with Gasteiger partial charge in [-0.1, -0.05) is 6.07 Å². The van der Waals surface area contributed by atoms with Gasteiger partial charge in [-0.25, -0.2) is 4.98 Å². The molecule has 0 unspecified atom stereocenters. The molecule has 0 amide bonds. The minimum absolute atomic E-state index is 0.526. The molecule has 1 aromatic heterocycles. The maximum absolute atomic E-state index is 5.92. The topological polar surface area (TPSA) is 48.1 Å². The Balaban J connectivity index is 2.71. The van der Waals surface area contributed by atoms with Crippen LogP contribution in [0.2, 0.25) is 0 Å². The van der Waals surface area contributed by atoms with Crippen molar-refractivity contribution in [3.63, 3.8) is 0 Å². The van der Waals surface area contributed by atoms with Gasteiger partial charge in [-0.3, -0.25) is 0 Å². The number of nitrogens with two attached hydrogens (primary N) is 1. The number of ether oxygens (including phenoxy) is 1. The zero-order valence-corrected chi connectivity index (χ0v) is 10.3. The lowest BCUT2D eigenvalue weighted by Crippen LogP contribution is -1.97. The van der Waals surface area contributed by atoms with Crippen molar-refractivity contribution in [2.75, 3.05) is 12.8 Å². The van der Waals surface area contributed by atoms with Crippen molar-refractivity contribution in [2.24, 2.45) is 0 Å². The molecule has 0 aliphatic rings. The molecule has 0 aliphatic heterocycles. The van der Waals surface area contributed by atoms with E-state index in [1.165, 1.54) is 5.56 Å². The molecule has 1 heterocycles. The second kappa shape index (κ2) is 4.45. The van der Waals surface area contributed by atoms with Gasteiger partial charge in [-0.15, -0.1) is 0 Å². The van der Waals surface area contributed by atoms with Crippen LogP contribution in [0.1, 0.15) is 11.1 Å². The van der Waals surface area contributed by atoms with E-state index in [1.807, 2.05) is 25.1 Å². The number of rotatable bonds is 2. The van der Waals surface area contributed by atoms with Gasteiger partial charge in [0.05, 0.1) is 7.11 Å². The van der Waals surface area contributed by atoms with Crippen LogP contribution in [0.25, 0.3) is 11.1 Å². The number of nitrogens with zero attached hydrogens (tertiary/aromatic N) is 1. The number of methoxy groups -OCH3 is 1. The van der Waals surface area contributed by atoms with Gasteiger partial charge in [0.15, 0.2) is 0 Å². The zero-order chi connectivity index (χ0) is 12.4. The van der Waals surface area contributed by atoms with Crippen LogP contribution in [-0.2, 0) is 0 Å². The molecule has 0 fully saturated rings. The molecule has 3 heteroatoms. The first-order valence-corrected chi connectivity index (χ1v) is 5.49. The highest BCUT2D eigenvalue weighted by Crippen LogP contribution is 2.36. The molecule has 1 aromatic carbocycles. The predicted molar refractivity (Wildman–Crippen MR) is 70.1 cm³/mol. The van der Waals surface area contributed by atoms with Crippen LogP contribution in [0.15, 0.2) is 30.5 Å². The second-order valence-electron chi connectivity index (χ2n) is 4.10. The highest BCUT2D eigenvalue weighted by molar-refractivity contribution is 5.81. The monoisotopic (exact) mass is 228 g/mol. The first-order chi connectivity index (χ1) is 8.13. The molecule has 2 aromatic rings. The normalized spacial score (nSPS) is 10.3. The minimum Gasteiger partial charge on any atom is -0.496 e. The summed E-state index contributed by atoms with van der Waals surface area (Å²) in [7, 11) is 1.67. The molecule has 0 saturated heterocycles. The van der Waals surface area contributed by atoms with E-state index < -0.39 is 0 Å². The SMILES string of the molecule is COc1cc(C)cc(C)c1-c1cccnc1N. The Kier molecular flexibility index (Phi) is 3.00. The summed E-state index contributed by atoms with van der Waals surface area (Å²) < 4.78 is 5.43. The first-order valence-electron chi connectivity index (χ1n) is 5.49. The fourth-order valence-corrected chi connectivity index (χ4v) is 2.06. The molecular weight excluding hydrogens is 212 g/mol. The van der Waals surface area contributed by atoms with Crippen LogP contribution in [-0.4, -0.2) is 12.1 Å². The van der Waals surface area contributed by atoms with Gasteiger partial charge in [-0.05, 0) is 43.2 Å². The summed E-state index contributed by atoms with van der Waals surface area (Å²) in [5, 5.41) is 0. The van der Waals surface area contributed by atoms with Gasteiger partial charge in [0.2, 0.25) is 0 Å². The van der Waals surface area contributed by atoms with Gasteiger partial charge in [0.25, 0.3) is 0 Å². The number of anilines is 1. The van der Waals surface area contributed by atoms with E-state index in [4.69, 9.17) is 10.5 Å². The van der Waals surface area contributed by atoms with Gasteiger partial charge in [0, 0.05) is 17.3 Å². The van der Waals surface area contributed by atoms with Crippen molar-refractivity contribution in [3.8, 4) is 16.9 Å². The first kappa shape index (κ1) is 11.5. The van der Waals surface area contributed by atoms with E-state index in [0.717, 1.165) is 22.4 Å². The van der Waals surface area contributed by atoms with E-state index in [9.17, 15) is 0 Å². The van der Waals surface area contributed by atoms with Crippen LogP contribution in [0.5, 0.6) is 5.75 Å². The van der Waals surface area contributed by atoms with E-state index in [1.54, 1.807) is 13.3 Å². The molecule has 0 spiro atoms. The zero-order valence-electron chi connectivity index (χ0n) is 10.3. The lowest BCUT2D eigenvalue weighted by atomic mass is 9.98. The summed E-state index contributed by atoms with van der Waals surface area (Å²) in [6.07, 6.45) is 1.69. The highest BCUT2D eigenvalue weighted by Gasteiger charge is 2.12. The standard InChI is InChI=1S/C14H16N2O/c1-9-7-10(2)13(12(8-9)17-3)11-5-4-6-16-14(11)15/h4-8H,1-3H3,(H2,15,16). The van der Waals surface area contributed by atoms with Crippen molar-refractivity contribution in [1.82, 2.24) is 4.98 Å². The molecule has 17 heavy (non-hydrogen) atoms. The molecule has 0 radical (unpaired) electrons. The third-order valence-electron chi connectivity index (χ3n) is 2.77. The number of pyridine rings is 1. The number of aryl methyl sites for hydroxylation is 2. The summed E-state index contributed by atoms with van der Waals surface area (Å²) in [6.45, 7) is 4.10. The number of hydrogen-bond acceptors (Lipinski definition) is 3. The largest absolute Gasteiger partial charge is 0.496 e. The fraction of sp³-hybridized carbons (Fsp3) is 0.214. The van der Waals surface area contributed by atoms with Crippen LogP contribution in [0.3, 0.4) is 0 Å². The number of hydrogen-bond donors (Lipinski definition) is 1. The maximum Gasteiger partial charge on any atom is 0.131 e. The van der Waals surface area contributed by atoms with Gasteiger partial charge in [-0.2, -0.15) is 0 Å². The molecule has 3 nitrogen and oxygen atoms in total. The predicted octanol–water partition coefficient (Wildman–Crippen LogP) is 2.96. The number of aromatic nitrogens is 1. The minimum atomic E-state index is 0.526. The molecule has 0 bridgehead atoms. The summed E-state index contributed by atoms with van der Waals surface area (Å²) >= 11 is 0. The van der Waals surface area contributed by atoms with Crippen LogP contribution < -0.4 is 10.5 Å². The van der Waals surface area contributed by atoms with Crippen molar-refractivity contribution >= 4 is 5.82 Å². The van der Waals surface area contributed by atoms with Crippen molar-refractivity contribution in [3.05, 3.63) is 41.6 Å². The van der Waals surface area contributed by atoms with Crippen LogP contribution in [0.4, 0.5) is 5.82 Å². The number of nitrogen functional groups attached to an aromatic ring is 1. The van der Waals surface area contributed by atoms with E-state index >= 15 is 0 Å². The molecule has 2 N–H and O–H groups in total. The van der Waals surface area contributed by atoms with Gasteiger partial charge >= 0.3 is 0 Å². The Morgan fingerprint density at radius 2 is 2.00 bits per heavy atom. The van der Waals surface area contributed by atoms with Crippen molar-refractivity contribution in [2.45, 2.75) is 13.8 Å². The second-order valence-corrected chi connectivity index (χ2v) is 4.10. The van der Waals surface area contributed by atoms with Gasteiger partial charge in [0.1, 0.15) is 11.6 Å². The molecule has 0 atom stereocenters. The Morgan fingerprint density at radius 3 is 2.65 bits per heavy atom. The van der Waals surface area contributed by atoms with Crippen LogP contribution in [0, 0.1) is 13.8 Å². The van der Waals surface area contributed by atoms with Crippen LogP contribution >= 0.6 is 0 Å². The molecule has 88 valence electrons. The van der Waals surface area contributed by atoms with Crippen molar-refractivity contribution < 1.29 is 4.74 Å². The lowest BCUT2D eigenvalue weighted by Gasteiger charge is -2.14.